The molecule has 0 spiro atoms. The van der Waals surface area contributed by atoms with Crippen molar-refractivity contribution in [2.75, 3.05) is 31.1 Å². The van der Waals surface area contributed by atoms with Crippen molar-refractivity contribution in [2.45, 2.75) is 6.18 Å². The highest BCUT2D eigenvalue weighted by Crippen LogP contribution is 2.38. The minimum Gasteiger partial charge on any atom is -0.344 e. The second-order valence-corrected chi connectivity index (χ2v) is 8.86. The first-order chi connectivity index (χ1) is 16.6. The largest absolute Gasteiger partial charge is 0.416 e. The maximum absolute atomic E-state index is 13.2. The van der Waals surface area contributed by atoms with E-state index in [0.717, 1.165) is 22.2 Å². The molecule has 1 fully saturated rings. The number of anilines is 1. The molecular formula is C21H15F3N6O4S. The summed E-state index contributed by atoms with van der Waals surface area (Å²) in [6.45, 7) is 1.19. The predicted octanol–water partition coefficient (Wildman–Crippen LogP) is 3.42. The molecule has 0 saturated carbocycles. The van der Waals surface area contributed by atoms with Gasteiger partial charge in [-0.3, -0.25) is 24.8 Å². The fourth-order valence-electron chi connectivity index (χ4n) is 3.93. The van der Waals surface area contributed by atoms with Crippen LogP contribution in [0.5, 0.6) is 0 Å². The number of halogens is 3. The summed E-state index contributed by atoms with van der Waals surface area (Å²) in [5.74, 6) is -0.184. The van der Waals surface area contributed by atoms with Gasteiger partial charge in [-0.05, 0) is 18.2 Å². The lowest BCUT2D eigenvalue weighted by Crippen LogP contribution is -2.49. The molecule has 2 aromatic heterocycles. The van der Waals surface area contributed by atoms with Gasteiger partial charge in [0, 0.05) is 43.2 Å². The summed E-state index contributed by atoms with van der Waals surface area (Å²) >= 11 is 0.782. The number of piperazine rings is 1. The van der Waals surface area contributed by atoms with Gasteiger partial charge in [-0.15, -0.1) is 0 Å². The van der Waals surface area contributed by atoms with Crippen molar-refractivity contribution in [3.63, 3.8) is 0 Å². The molecule has 1 saturated heterocycles. The monoisotopic (exact) mass is 504 g/mol. The Morgan fingerprint density at radius 3 is 2.57 bits per heavy atom. The van der Waals surface area contributed by atoms with Crippen LogP contribution in [0.1, 0.15) is 15.9 Å². The number of fused-ring (bicyclic) bond motifs is 2. The van der Waals surface area contributed by atoms with E-state index in [1.165, 1.54) is 0 Å². The van der Waals surface area contributed by atoms with Crippen LogP contribution in [0.2, 0.25) is 0 Å². The van der Waals surface area contributed by atoms with Crippen LogP contribution < -0.4 is 10.5 Å². The number of nitro groups is 1. The lowest BCUT2D eigenvalue weighted by molar-refractivity contribution is -0.383. The second kappa shape index (κ2) is 8.30. The zero-order valence-electron chi connectivity index (χ0n) is 17.7. The molecule has 1 aliphatic heterocycles. The third-order valence-electron chi connectivity index (χ3n) is 5.74. The van der Waals surface area contributed by atoms with E-state index in [9.17, 15) is 32.9 Å². The smallest absolute Gasteiger partial charge is 0.344 e. The number of hydrogen-bond acceptors (Lipinski definition) is 8. The van der Waals surface area contributed by atoms with Crippen molar-refractivity contribution in [2.24, 2.45) is 0 Å². The molecule has 3 heterocycles. The van der Waals surface area contributed by atoms with Gasteiger partial charge < -0.3 is 9.80 Å². The molecule has 14 heteroatoms. The number of rotatable bonds is 3. The SMILES string of the molecule is O=C(c1ccc2cn[nH]c2c1)N1CCN(c2nc(=O)c3cc(C(F)(F)F)cc([N+](=O)[O-])c3s2)CC1. The number of aromatic amines is 1. The number of nitrogens with zero attached hydrogens (tertiary/aromatic N) is 5. The maximum atomic E-state index is 13.2. The summed E-state index contributed by atoms with van der Waals surface area (Å²) in [5.41, 5.74) is -1.84. The molecular weight excluding hydrogens is 489 g/mol. The van der Waals surface area contributed by atoms with Gasteiger partial charge >= 0.3 is 6.18 Å². The number of non-ortho nitro benzene ring substituents is 1. The zero-order valence-corrected chi connectivity index (χ0v) is 18.5. The molecule has 5 rings (SSSR count). The Bertz CT molecular complexity index is 1540. The van der Waals surface area contributed by atoms with E-state index in [4.69, 9.17) is 0 Å². The van der Waals surface area contributed by atoms with Crippen molar-refractivity contribution < 1.29 is 22.9 Å². The van der Waals surface area contributed by atoms with Gasteiger partial charge in [0.25, 0.3) is 17.2 Å². The standard InChI is InChI=1S/C21H15F3N6O4S/c22-21(23,24)13-8-14-17(16(9-13)30(33)34)35-20(26-18(14)31)29-5-3-28(4-6-29)19(32)11-1-2-12-10-25-27-15(12)7-11/h1-2,7-10H,3-6H2,(H,25,27). The molecule has 10 nitrogen and oxygen atoms in total. The summed E-state index contributed by atoms with van der Waals surface area (Å²) in [6, 6.07) is 6.22. The Morgan fingerprint density at radius 2 is 1.89 bits per heavy atom. The molecule has 1 aliphatic rings. The number of aromatic nitrogens is 3. The lowest BCUT2D eigenvalue weighted by atomic mass is 10.1. The van der Waals surface area contributed by atoms with E-state index >= 15 is 0 Å². The summed E-state index contributed by atoms with van der Waals surface area (Å²) < 4.78 is 39.3. The minimum absolute atomic E-state index is 0.149. The highest BCUT2D eigenvalue weighted by atomic mass is 32.1. The van der Waals surface area contributed by atoms with Crippen molar-refractivity contribution >= 4 is 49.1 Å². The third-order valence-corrected chi connectivity index (χ3v) is 6.91. The van der Waals surface area contributed by atoms with Gasteiger partial charge in [0.05, 0.1) is 27.6 Å². The highest BCUT2D eigenvalue weighted by Gasteiger charge is 2.34. The first-order valence-electron chi connectivity index (χ1n) is 10.3. The predicted molar refractivity (Wildman–Crippen MR) is 122 cm³/mol. The number of alkyl halides is 3. The normalized spacial score (nSPS) is 14.6. The fourth-order valence-corrected chi connectivity index (χ4v) is 5.05. The molecule has 180 valence electrons. The minimum atomic E-state index is -4.85. The molecule has 0 aliphatic carbocycles. The number of nitrogens with one attached hydrogen (secondary N) is 1. The Kier molecular flexibility index (Phi) is 5.39. The Balaban J connectivity index is 1.40. The first-order valence-corrected chi connectivity index (χ1v) is 11.1. The summed E-state index contributed by atoms with van der Waals surface area (Å²) in [6.07, 6.45) is -3.20. The van der Waals surface area contributed by atoms with Crippen LogP contribution in [0.15, 0.2) is 41.3 Å². The van der Waals surface area contributed by atoms with Crippen molar-refractivity contribution in [1.82, 2.24) is 20.1 Å². The van der Waals surface area contributed by atoms with Crippen LogP contribution in [0, 0.1) is 10.1 Å². The Morgan fingerprint density at radius 1 is 1.14 bits per heavy atom. The number of H-pyrrole nitrogens is 1. The van der Waals surface area contributed by atoms with Gasteiger partial charge in [-0.1, -0.05) is 17.4 Å². The Hall–Kier alpha value is -4.07. The van der Waals surface area contributed by atoms with Crippen LogP contribution in [-0.4, -0.2) is 57.1 Å². The molecule has 4 aromatic rings. The number of nitro benzene ring substituents is 1. The fraction of sp³-hybridized carbons (Fsp3) is 0.238. The summed E-state index contributed by atoms with van der Waals surface area (Å²) in [4.78, 5) is 43.2. The van der Waals surface area contributed by atoms with Crippen LogP contribution in [-0.2, 0) is 6.18 Å². The van der Waals surface area contributed by atoms with Gasteiger partial charge in [-0.2, -0.15) is 23.3 Å². The van der Waals surface area contributed by atoms with Gasteiger partial charge in [0.15, 0.2) is 5.13 Å². The molecule has 0 bridgehead atoms. The van der Waals surface area contributed by atoms with Crippen LogP contribution in [0.3, 0.4) is 0 Å². The lowest BCUT2D eigenvalue weighted by Gasteiger charge is -2.35. The topological polar surface area (TPSA) is 125 Å². The van der Waals surface area contributed by atoms with Crippen LogP contribution in [0.25, 0.3) is 21.0 Å². The van der Waals surface area contributed by atoms with E-state index in [-0.39, 0.29) is 15.7 Å². The number of hydrogen-bond donors (Lipinski definition) is 1. The van der Waals surface area contributed by atoms with Gasteiger partial charge in [0.2, 0.25) is 0 Å². The second-order valence-electron chi connectivity index (χ2n) is 7.88. The molecule has 35 heavy (non-hydrogen) atoms. The quantitative estimate of drug-likeness (QED) is 0.335. The van der Waals surface area contributed by atoms with E-state index in [2.05, 4.69) is 15.2 Å². The molecule has 2 aromatic carbocycles. The van der Waals surface area contributed by atoms with E-state index in [1.54, 1.807) is 34.2 Å². The molecule has 0 atom stereocenters. The Labute approximate surface area is 197 Å². The molecule has 1 amide bonds. The maximum Gasteiger partial charge on any atom is 0.416 e. The van der Waals surface area contributed by atoms with Crippen molar-refractivity contribution in [3.05, 3.63) is 68.1 Å². The molecule has 1 N–H and O–H groups in total. The van der Waals surface area contributed by atoms with Gasteiger partial charge in [-0.25, -0.2) is 0 Å². The highest BCUT2D eigenvalue weighted by molar-refractivity contribution is 7.22. The average molecular weight is 504 g/mol. The number of amides is 1. The van der Waals surface area contributed by atoms with E-state index in [0.29, 0.717) is 43.9 Å². The van der Waals surface area contributed by atoms with Crippen molar-refractivity contribution in [3.8, 4) is 0 Å². The third kappa shape index (κ3) is 4.16. The number of benzene rings is 2. The zero-order chi connectivity index (χ0) is 24.9. The van der Waals surface area contributed by atoms with E-state index < -0.39 is 33.3 Å². The van der Waals surface area contributed by atoms with E-state index in [1.807, 2.05) is 0 Å². The average Bonchev–Trinajstić information content (AvgIpc) is 3.30. The van der Waals surface area contributed by atoms with Crippen molar-refractivity contribution in [1.29, 1.82) is 0 Å². The summed E-state index contributed by atoms with van der Waals surface area (Å²) in [5, 5.41) is 18.8. The number of carbonyl (C=O) groups is 1. The summed E-state index contributed by atoms with van der Waals surface area (Å²) in [7, 11) is 0. The molecule has 0 radical (unpaired) electrons. The molecule has 0 unspecified atom stereocenters. The number of carbonyl (C=O) groups excluding carboxylic acids is 1. The first kappa shape index (κ1) is 22.7. The van der Waals surface area contributed by atoms with Crippen LogP contribution >= 0.6 is 11.3 Å². The van der Waals surface area contributed by atoms with Crippen LogP contribution in [0.4, 0.5) is 24.0 Å². The van der Waals surface area contributed by atoms with Gasteiger partial charge in [0.1, 0.15) is 4.70 Å².